The highest BCUT2D eigenvalue weighted by Crippen LogP contribution is 2.18. The molecule has 0 saturated heterocycles. The molecule has 7 heteroatoms. The van der Waals surface area contributed by atoms with Crippen LogP contribution < -0.4 is 11.3 Å². The van der Waals surface area contributed by atoms with Crippen LogP contribution in [0.2, 0.25) is 0 Å². The molecule has 0 bridgehead atoms. The monoisotopic (exact) mass is 256 g/mol. The Kier molecular flexibility index (Phi) is 4.71. The van der Waals surface area contributed by atoms with Gasteiger partial charge in [0.1, 0.15) is 22.8 Å². The number of carbonyl (C=O) groups is 1. The summed E-state index contributed by atoms with van der Waals surface area (Å²) in [6, 6.07) is 1.66. The number of hydrogen-bond donors (Lipinski definition) is 2. The molecule has 0 radical (unpaired) electrons. The first-order valence-corrected chi connectivity index (χ1v) is 6.02. The predicted molar refractivity (Wildman–Crippen MR) is 66.4 cm³/mol. The van der Waals surface area contributed by atoms with E-state index in [2.05, 4.69) is 15.4 Å². The molecule has 0 fully saturated rings. The molecule has 0 amide bonds. The van der Waals surface area contributed by atoms with E-state index in [4.69, 9.17) is 10.6 Å². The third-order valence-electron chi connectivity index (χ3n) is 1.55. The van der Waals surface area contributed by atoms with E-state index < -0.39 is 5.60 Å². The Morgan fingerprint density at radius 3 is 2.82 bits per heavy atom. The highest BCUT2D eigenvalue weighted by Gasteiger charge is 2.16. The standard InChI is InChI=1S/C10H16N4O2S/c1-10(2,3)16-9(15)5-17-8-4-7(14-11)12-6-13-8/h4,6H,5,11H2,1-3H3,(H,12,13,14). The highest BCUT2D eigenvalue weighted by atomic mass is 32.2. The molecule has 0 atom stereocenters. The molecule has 1 aromatic rings. The van der Waals surface area contributed by atoms with Crippen molar-refractivity contribution in [3.8, 4) is 0 Å². The quantitative estimate of drug-likeness (QED) is 0.275. The first kappa shape index (κ1) is 13.7. The van der Waals surface area contributed by atoms with Gasteiger partial charge >= 0.3 is 5.97 Å². The van der Waals surface area contributed by atoms with E-state index >= 15 is 0 Å². The summed E-state index contributed by atoms with van der Waals surface area (Å²) in [6.45, 7) is 5.49. The average Bonchev–Trinajstić information content (AvgIpc) is 2.24. The van der Waals surface area contributed by atoms with E-state index in [0.29, 0.717) is 10.8 Å². The number of nitrogens with zero attached hydrogens (tertiary/aromatic N) is 2. The Hall–Kier alpha value is -1.34. The second kappa shape index (κ2) is 5.83. The lowest BCUT2D eigenvalue weighted by atomic mass is 10.2. The van der Waals surface area contributed by atoms with Crippen molar-refractivity contribution in [3.63, 3.8) is 0 Å². The molecule has 3 N–H and O–H groups in total. The van der Waals surface area contributed by atoms with Gasteiger partial charge in [-0.25, -0.2) is 15.8 Å². The molecule has 1 heterocycles. The zero-order chi connectivity index (χ0) is 12.9. The first-order chi connectivity index (χ1) is 7.90. The summed E-state index contributed by atoms with van der Waals surface area (Å²) < 4.78 is 5.17. The van der Waals surface area contributed by atoms with Gasteiger partial charge in [-0.15, -0.1) is 0 Å². The van der Waals surface area contributed by atoms with Gasteiger partial charge in [-0.2, -0.15) is 0 Å². The normalized spacial score (nSPS) is 11.1. The number of nitrogens with two attached hydrogens (primary N) is 1. The minimum absolute atomic E-state index is 0.207. The van der Waals surface area contributed by atoms with Gasteiger partial charge in [0, 0.05) is 6.07 Å². The Labute approximate surface area is 104 Å². The van der Waals surface area contributed by atoms with Crippen molar-refractivity contribution in [1.82, 2.24) is 9.97 Å². The van der Waals surface area contributed by atoms with Crippen LogP contribution in [-0.4, -0.2) is 27.3 Å². The molecule has 0 aliphatic rings. The Bertz CT molecular complexity index is 392. The summed E-state index contributed by atoms with van der Waals surface area (Å²) >= 11 is 1.28. The second-order valence-electron chi connectivity index (χ2n) is 4.26. The maximum absolute atomic E-state index is 11.5. The van der Waals surface area contributed by atoms with Crippen molar-refractivity contribution >= 4 is 23.5 Å². The number of hydrogen-bond acceptors (Lipinski definition) is 7. The van der Waals surface area contributed by atoms with Crippen molar-refractivity contribution in [2.45, 2.75) is 31.4 Å². The van der Waals surface area contributed by atoms with Crippen LogP contribution in [0, 0.1) is 0 Å². The van der Waals surface area contributed by atoms with Crippen LogP contribution in [0.4, 0.5) is 5.82 Å². The number of carbonyl (C=O) groups excluding carboxylic acids is 1. The van der Waals surface area contributed by atoms with Crippen LogP contribution in [0.3, 0.4) is 0 Å². The molecule has 1 rings (SSSR count). The largest absolute Gasteiger partial charge is 0.459 e. The summed E-state index contributed by atoms with van der Waals surface area (Å²) in [5, 5.41) is 0.666. The van der Waals surface area contributed by atoms with Crippen LogP contribution in [-0.2, 0) is 9.53 Å². The summed E-state index contributed by atoms with van der Waals surface area (Å²) in [7, 11) is 0. The Morgan fingerprint density at radius 1 is 1.53 bits per heavy atom. The fourth-order valence-corrected chi connectivity index (χ4v) is 1.64. The van der Waals surface area contributed by atoms with E-state index in [1.54, 1.807) is 6.07 Å². The molecular formula is C10H16N4O2S. The number of esters is 1. The number of nitrogen functional groups attached to an aromatic ring is 1. The minimum Gasteiger partial charge on any atom is -0.459 e. The van der Waals surface area contributed by atoms with Gasteiger partial charge in [0.25, 0.3) is 0 Å². The minimum atomic E-state index is -0.465. The molecule has 17 heavy (non-hydrogen) atoms. The lowest BCUT2D eigenvalue weighted by Crippen LogP contribution is -2.24. The van der Waals surface area contributed by atoms with Crippen molar-refractivity contribution in [2.75, 3.05) is 11.2 Å². The Balaban J connectivity index is 2.47. The predicted octanol–water partition coefficient (Wildman–Crippen LogP) is 1.20. The number of hydrazine groups is 1. The van der Waals surface area contributed by atoms with Gasteiger partial charge in [-0.1, -0.05) is 11.8 Å². The van der Waals surface area contributed by atoms with Crippen molar-refractivity contribution in [2.24, 2.45) is 5.84 Å². The molecule has 0 saturated carbocycles. The maximum atomic E-state index is 11.5. The third kappa shape index (κ3) is 5.50. The van der Waals surface area contributed by atoms with Crippen molar-refractivity contribution < 1.29 is 9.53 Å². The SMILES string of the molecule is CC(C)(C)OC(=O)CSc1cc(NN)ncn1. The topological polar surface area (TPSA) is 90.1 Å². The van der Waals surface area contributed by atoms with E-state index in [9.17, 15) is 4.79 Å². The van der Waals surface area contributed by atoms with E-state index in [0.717, 1.165) is 0 Å². The molecule has 1 aromatic heterocycles. The van der Waals surface area contributed by atoms with E-state index in [1.165, 1.54) is 18.1 Å². The molecule has 0 unspecified atom stereocenters. The van der Waals surface area contributed by atoms with Crippen LogP contribution in [0.25, 0.3) is 0 Å². The molecule has 94 valence electrons. The second-order valence-corrected chi connectivity index (χ2v) is 5.26. The van der Waals surface area contributed by atoms with Gasteiger partial charge < -0.3 is 10.2 Å². The number of rotatable bonds is 4. The molecule has 0 aromatic carbocycles. The van der Waals surface area contributed by atoms with E-state index in [1.807, 2.05) is 20.8 Å². The van der Waals surface area contributed by atoms with Crippen LogP contribution >= 0.6 is 11.8 Å². The summed E-state index contributed by atoms with van der Waals surface area (Å²) in [5.41, 5.74) is 1.95. The van der Waals surface area contributed by atoms with Gasteiger partial charge in [0.2, 0.25) is 0 Å². The number of anilines is 1. The molecular weight excluding hydrogens is 240 g/mol. The number of aromatic nitrogens is 2. The summed E-state index contributed by atoms with van der Waals surface area (Å²) in [5.74, 6) is 5.65. The van der Waals surface area contributed by atoms with Crippen molar-refractivity contribution in [1.29, 1.82) is 0 Å². The summed E-state index contributed by atoms with van der Waals surface area (Å²) in [6.07, 6.45) is 1.38. The van der Waals surface area contributed by atoms with Gasteiger partial charge in [-0.3, -0.25) is 4.79 Å². The fraction of sp³-hybridized carbons (Fsp3) is 0.500. The Morgan fingerprint density at radius 2 is 2.24 bits per heavy atom. The number of nitrogens with one attached hydrogen (secondary N) is 1. The van der Waals surface area contributed by atoms with Crippen molar-refractivity contribution in [3.05, 3.63) is 12.4 Å². The lowest BCUT2D eigenvalue weighted by molar-refractivity contribution is -0.151. The average molecular weight is 256 g/mol. The molecule has 0 aliphatic carbocycles. The maximum Gasteiger partial charge on any atom is 0.316 e. The molecule has 0 spiro atoms. The fourth-order valence-electron chi connectivity index (χ4n) is 1.00. The zero-order valence-corrected chi connectivity index (χ0v) is 10.9. The zero-order valence-electron chi connectivity index (χ0n) is 10.1. The van der Waals surface area contributed by atoms with Gasteiger partial charge in [0.15, 0.2) is 0 Å². The van der Waals surface area contributed by atoms with Crippen LogP contribution in [0.15, 0.2) is 17.4 Å². The smallest absolute Gasteiger partial charge is 0.316 e. The number of thioether (sulfide) groups is 1. The molecule has 6 nitrogen and oxygen atoms in total. The van der Waals surface area contributed by atoms with Crippen LogP contribution in [0.5, 0.6) is 0 Å². The van der Waals surface area contributed by atoms with Gasteiger partial charge in [0.05, 0.1) is 5.75 Å². The lowest BCUT2D eigenvalue weighted by Gasteiger charge is -2.19. The van der Waals surface area contributed by atoms with E-state index in [-0.39, 0.29) is 11.7 Å². The first-order valence-electron chi connectivity index (χ1n) is 5.04. The third-order valence-corrected chi connectivity index (χ3v) is 2.45. The highest BCUT2D eigenvalue weighted by molar-refractivity contribution is 7.99. The number of ether oxygens (including phenoxy) is 1. The van der Waals surface area contributed by atoms with Crippen LogP contribution in [0.1, 0.15) is 20.8 Å². The summed E-state index contributed by atoms with van der Waals surface area (Å²) in [4.78, 5) is 19.3. The molecule has 0 aliphatic heterocycles. The van der Waals surface area contributed by atoms with Gasteiger partial charge in [-0.05, 0) is 20.8 Å².